The van der Waals surface area contributed by atoms with Crippen LogP contribution in [0.5, 0.6) is 0 Å². The molecule has 1 aromatic carbocycles. The number of pyridine rings is 1. The third-order valence-corrected chi connectivity index (χ3v) is 5.18. The third kappa shape index (κ3) is 4.30. The zero-order valence-corrected chi connectivity index (χ0v) is 13.6. The monoisotopic (exact) mass is 322 g/mol. The molecule has 0 aliphatic rings. The lowest BCUT2D eigenvalue weighted by Gasteiger charge is -2.08. The average Bonchev–Trinajstić information content (AvgIpc) is 2.47. The molecule has 0 amide bonds. The Kier molecular flexibility index (Phi) is 5.03. The molecule has 1 unspecified atom stereocenters. The summed E-state index contributed by atoms with van der Waals surface area (Å²) in [5.41, 5.74) is 6.81. The predicted octanol–water partition coefficient (Wildman–Crippen LogP) is 3.05. The van der Waals surface area contributed by atoms with Crippen molar-refractivity contribution in [2.45, 2.75) is 34.1 Å². The Balaban J connectivity index is 2.11. The van der Waals surface area contributed by atoms with Gasteiger partial charge in [-0.15, -0.1) is 0 Å². The van der Waals surface area contributed by atoms with E-state index in [1.54, 1.807) is 30.5 Å². The molecule has 2 rings (SSSR count). The van der Waals surface area contributed by atoms with Crippen LogP contribution in [0.4, 0.5) is 0 Å². The van der Waals surface area contributed by atoms with Gasteiger partial charge in [-0.2, -0.15) is 0 Å². The Morgan fingerprint density at radius 2 is 1.76 bits per heavy atom. The minimum atomic E-state index is -3.15. The smallest absolute Gasteiger partial charge is 0.175 e. The van der Waals surface area contributed by atoms with Crippen molar-refractivity contribution in [3.05, 3.63) is 48.3 Å². The summed E-state index contributed by atoms with van der Waals surface area (Å²) in [7, 11) is -3.15. The van der Waals surface area contributed by atoms with E-state index in [1.807, 2.05) is 19.1 Å². The van der Waals surface area contributed by atoms with Gasteiger partial charge in [0.05, 0.1) is 10.6 Å². The van der Waals surface area contributed by atoms with Gasteiger partial charge in [-0.05, 0) is 42.8 Å². The van der Waals surface area contributed by atoms with Crippen molar-refractivity contribution >= 4 is 21.6 Å². The molecular weight excluding hydrogens is 304 g/mol. The summed E-state index contributed by atoms with van der Waals surface area (Å²) in [6, 6.07) is 10.7. The Labute approximate surface area is 129 Å². The normalized spacial score (nSPS) is 13.1. The minimum absolute atomic E-state index is 0.0295. The average molecular weight is 322 g/mol. The summed E-state index contributed by atoms with van der Waals surface area (Å²) >= 11 is 1.54. The van der Waals surface area contributed by atoms with Crippen molar-refractivity contribution in [3.8, 4) is 0 Å². The molecule has 0 saturated carbocycles. The highest BCUT2D eigenvalue weighted by Gasteiger charge is 2.08. The molecule has 2 aromatic rings. The highest BCUT2D eigenvalue weighted by molar-refractivity contribution is 7.99. The van der Waals surface area contributed by atoms with Crippen molar-refractivity contribution in [1.82, 2.24) is 4.98 Å². The number of rotatable bonds is 5. The van der Waals surface area contributed by atoms with E-state index in [9.17, 15) is 8.42 Å². The summed E-state index contributed by atoms with van der Waals surface area (Å²) in [6.07, 6.45) is 3.85. The van der Waals surface area contributed by atoms with Crippen LogP contribution in [0, 0.1) is 0 Å². The lowest BCUT2D eigenvalue weighted by molar-refractivity contribution is 0.602. The van der Waals surface area contributed by atoms with E-state index < -0.39 is 9.84 Å². The summed E-state index contributed by atoms with van der Waals surface area (Å²) in [5.74, 6) is 0. The first kappa shape index (κ1) is 16.0. The molecule has 1 heterocycles. The molecule has 112 valence electrons. The summed E-state index contributed by atoms with van der Waals surface area (Å²) in [5, 5.41) is 0. The first-order valence-electron chi connectivity index (χ1n) is 6.59. The van der Waals surface area contributed by atoms with Crippen LogP contribution in [0.2, 0.25) is 0 Å². The molecule has 0 bridgehead atoms. The fraction of sp³-hybridized carbons (Fsp3) is 0.267. The molecule has 1 aromatic heterocycles. The van der Waals surface area contributed by atoms with Crippen molar-refractivity contribution in [1.29, 1.82) is 0 Å². The SMILES string of the molecule is CCC(N)c1ccc(Sc2ccc(S(C)(=O)=O)cc2)cn1. The highest BCUT2D eigenvalue weighted by atomic mass is 32.2. The Morgan fingerprint density at radius 1 is 1.14 bits per heavy atom. The lowest BCUT2D eigenvalue weighted by Crippen LogP contribution is -2.10. The molecular formula is C15H18N2O2S2. The fourth-order valence-electron chi connectivity index (χ4n) is 1.77. The summed E-state index contributed by atoms with van der Waals surface area (Å²) in [6.45, 7) is 2.03. The van der Waals surface area contributed by atoms with Crippen LogP contribution in [-0.4, -0.2) is 19.7 Å². The standard InChI is InChI=1S/C15H18N2O2S2/c1-3-14(16)15-9-6-12(10-17-15)20-11-4-7-13(8-5-11)21(2,18)19/h4-10,14H,3,16H2,1-2H3. The Bertz CT molecular complexity index is 695. The molecule has 0 saturated heterocycles. The van der Waals surface area contributed by atoms with E-state index in [-0.39, 0.29) is 6.04 Å². The molecule has 0 spiro atoms. The van der Waals surface area contributed by atoms with E-state index >= 15 is 0 Å². The zero-order valence-electron chi connectivity index (χ0n) is 12.0. The van der Waals surface area contributed by atoms with Gasteiger partial charge in [0.1, 0.15) is 0 Å². The fourth-order valence-corrected chi connectivity index (χ4v) is 3.19. The number of benzene rings is 1. The van der Waals surface area contributed by atoms with Crippen LogP contribution < -0.4 is 5.73 Å². The number of nitrogens with zero attached hydrogens (tertiary/aromatic N) is 1. The minimum Gasteiger partial charge on any atom is -0.323 e. The van der Waals surface area contributed by atoms with E-state index in [0.717, 1.165) is 21.9 Å². The third-order valence-electron chi connectivity index (χ3n) is 3.07. The number of hydrogen-bond acceptors (Lipinski definition) is 5. The van der Waals surface area contributed by atoms with E-state index in [0.29, 0.717) is 4.90 Å². The molecule has 0 aliphatic heterocycles. The maximum absolute atomic E-state index is 11.4. The lowest BCUT2D eigenvalue weighted by atomic mass is 10.1. The second kappa shape index (κ2) is 6.60. The second-order valence-electron chi connectivity index (χ2n) is 4.78. The van der Waals surface area contributed by atoms with E-state index in [1.165, 1.54) is 18.0 Å². The highest BCUT2D eigenvalue weighted by Crippen LogP contribution is 2.28. The van der Waals surface area contributed by atoms with Gasteiger partial charge in [0, 0.05) is 28.3 Å². The predicted molar refractivity (Wildman–Crippen MR) is 85.1 cm³/mol. The molecule has 0 aliphatic carbocycles. The molecule has 21 heavy (non-hydrogen) atoms. The number of hydrogen-bond donors (Lipinski definition) is 1. The maximum Gasteiger partial charge on any atom is 0.175 e. The van der Waals surface area contributed by atoms with Crippen LogP contribution >= 0.6 is 11.8 Å². The van der Waals surface area contributed by atoms with Gasteiger partial charge in [0.2, 0.25) is 0 Å². The molecule has 4 nitrogen and oxygen atoms in total. The zero-order chi connectivity index (χ0) is 15.5. The van der Waals surface area contributed by atoms with Gasteiger partial charge >= 0.3 is 0 Å². The second-order valence-corrected chi connectivity index (χ2v) is 7.94. The van der Waals surface area contributed by atoms with Crippen LogP contribution in [0.3, 0.4) is 0 Å². The molecule has 1 atom stereocenters. The van der Waals surface area contributed by atoms with Crippen molar-refractivity contribution in [3.63, 3.8) is 0 Å². The first-order valence-corrected chi connectivity index (χ1v) is 9.30. The van der Waals surface area contributed by atoms with Crippen LogP contribution in [0.15, 0.2) is 57.3 Å². The van der Waals surface area contributed by atoms with Crippen molar-refractivity contribution < 1.29 is 8.42 Å². The molecule has 0 radical (unpaired) electrons. The Hall–Kier alpha value is -1.37. The largest absolute Gasteiger partial charge is 0.323 e. The van der Waals surface area contributed by atoms with Gasteiger partial charge in [-0.3, -0.25) is 4.98 Å². The van der Waals surface area contributed by atoms with Crippen LogP contribution in [0.1, 0.15) is 25.1 Å². The van der Waals surface area contributed by atoms with Crippen LogP contribution in [-0.2, 0) is 9.84 Å². The van der Waals surface area contributed by atoms with Crippen LogP contribution in [0.25, 0.3) is 0 Å². The molecule has 6 heteroatoms. The van der Waals surface area contributed by atoms with E-state index in [2.05, 4.69) is 4.98 Å². The molecule has 2 N–H and O–H groups in total. The number of nitrogens with two attached hydrogens (primary N) is 1. The first-order chi connectivity index (χ1) is 9.90. The van der Waals surface area contributed by atoms with Crippen molar-refractivity contribution in [2.24, 2.45) is 5.73 Å². The number of aromatic nitrogens is 1. The van der Waals surface area contributed by atoms with Gasteiger partial charge in [0.15, 0.2) is 9.84 Å². The maximum atomic E-state index is 11.4. The topological polar surface area (TPSA) is 73.1 Å². The quantitative estimate of drug-likeness (QED) is 0.916. The van der Waals surface area contributed by atoms with Gasteiger partial charge < -0.3 is 5.73 Å². The van der Waals surface area contributed by atoms with E-state index in [4.69, 9.17) is 5.73 Å². The van der Waals surface area contributed by atoms with Gasteiger partial charge in [-0.25, -0.2) is 8.42 Å². The van der Waals surface area contributed by atoms with Gasteiger partial charge in [0.25, 0.3) is 0 Å². The molecule has 0 fully saturated rings. The summed E-state index contributed by atoms with van der Waals surface area (Å²) < 4.78 is 22.8. The van der Waals surface area contributed by atoms with Gasteiger partial charge in [-0.1, -0.05) is 18.7 Å². The summed E-state index contributed by atoms with van der Waals surface area (Å²) in [4.78, 5) is 6.65. The number of sulfone groups is 1. The Morgan fingerprint density at radius 3 is 2.24 bits per heavy atom. The van der Waals surface area contributed by atoms with Crippen molar-refractivity contribution in [2.75, 3.05) is 6.26 Å².